The zero-order chi connectivity index (χ0) is 39.1. The van der Waals surface area contributed by atoms with Crippen molar-refractivity contribution in [3.63, 3.8) is 0 Å². The fourth-order valence-electron chi connectivity index (χ4n) is 7.25. The quantitative estimate of drug-likeness (QED) is 0.0836. The number of halogens is 1. The Morgan fingerprint density at radius 3 is 1.89 bits per heavy atom. The number of hydrogen-bond donors (Lipinski definition) is 2. The Balaban J connectivity index is 1.27. The first-order chi connectivity index (χ1) is 27.3. The number of nitrogens with one attached hydrogen (secondary N) is 2. The van der Waals surface area contributed by atoms with Crippen LogP contribution in [0, 0.1) is 5.92 Å². The van der Waals surface area contributed by atoms with E-state index in [1.165, 1.54) is 0 Å². The number of rotatable bonds is 14. The number of alkyl halides is 1. The molecule has 2 aromatic heterocycles. The third-order valence-electron chi connectivity index (χ3n) is 10.1. The number of amides is 1. The van der Waals surface area contributed by atoms with Crippen LogP contribution in [0.15, 0.2) is 144 Å². The fourth-order valence-corrected chi connectivity index (χ4v) is 7.36. The van der Waals surface area contributed by atoms with Gasteiger partial charge >= 0.3 is 0 Å². The van der Waals surface area contributed by atoms with Crippen molar-refractivity contribution < 1.29 is 4.79 Å². The van der Waals surface area contributed by atoms with Crippen LogP contribution in [-0.2, 0) is 23.2 Å². The summed E-state index contributed by atoms with van der Waals surface area (Å²) in [7, 11) is 0. The van der Waals surface area contributed by atoms with E-state index in [9.17, 15) is 9.59 Å². The molecule has 7 aromatic rings. The highest BCUT2D eigenvalue weighted by Gasteiger charge is 2.42. The highest BCUT2D eigenvalue weighted by atomic mass is 79.9. The van der Waals surface area contributed by atoms with E-state index < -0.39 is 10.4 Å². The fraction of sp³-hybridized carbons (Fsp3) is 0.217. The largest absolute Gasteiger partial charge is 0.295 e. The second-order valence-electron chi connectivity index (χ2n) is 14.2. The molecule has 0 saturated carbocycles. The maximum absolute atomic E-state index is 13.5. The predicted molar refractivity (Wildman–Crippen MR) is 226 cm³/mol. The molecular formula is C46H44BrN7O2. The zero-order valence-electron chi connectivity index (χ0n) is 31.7. The molecule has 5 aromatic carbocycles. The first-order valence-corrected chi connectivity index (χ1v) is 19.9. The number of aryl methyl sites for hydroxylation is 1. The van der Waals surface area contributed by atoms with Crippen molar-refractivity contribution in [3.05, 3.63) is 183 Å². The Labute approximate surface area is 335 Å². The third-order valence-corrected chi connectivity index (χ3v) is 11.6. The zero-order valence-corrected chi connectivity index (χ0v) is 33.3. The lowest BCUT2D eigenvalue weighted by atomic mass is 9.77. The normalized spacial score (nSPS) is 12.1. The molecule has 0 fully saturated rings. The van der Waals surface area contributed by atoms with Crippen LogP contribution in [0.1, 0.15) is 67.1 Å². The second kappa shape index (κ2) is 17.2. The van der Waals surface area contributed by atoms with Crippen molar-refractivity contribution >= 4 is 27.8 Å². The highest BCUT2D eigenvalue weighted by molar-refractivity contribution is 9.10. The van der Waals surface area contributed by atoms with Crippen LogP contribution in [0.25, 0.3) is 22.5 Å². The molecule has 0 aliphatic heterocycles. The summed E-state index contributed by atoms with van der Waals surface area (Å²) in [6.45, 7) is 6.01. The number of unbranched alkanes of at least 4 members (excludes halogenated alkanes) is 1. The molecule has 1 atom stereocenters. The Kier molecular flexibility index (Phi) is 11.8. The lowest BCUT2D eigenvalue weighted by molar-refractivity contribution is -0.116. The van der Waals surface area contributed by atoms with Crippen molar-refractivity contribution in [2.45, 2.75) is 56.8 Å². The Bertz CT molecular complexity index is 2350. The van der Waals surface area contributed by atoms with Crippen molar-refractivity contribution in [2.75, 3.05) is 5.32 Å². The monoisotopic (exact) mass is 805 g/mol. The lowest BCUT2D eigenvalue weighted by Crippen LogP contribution is -2.39. The number of anilines is 1. The van der Waals surface area contributed by atoms with Crippen molar-refractivity contribution in [1.82, 2.24) is 30.2 Å². The van der Waals surface area contributed by atoms with E-state index in [1.54, 1.807) is 0 Å². The Morgan fingerprint density at radius 2 is 1.34 bits per heavy atom. The summed E-state index contributed by atoms with van der Waals surface area (Å²) in [5.74, 6) is 0.626. The van der Waals surface area contributed by atoms with Crippen molar-refractivity contribution in [3.8, 4) is 22.5 Å². The number of H-pyrrole nitrogens is 1. The summed E-state index contributed by atoms with van der Waals surface area (Å²) in [6, 6.07) is 47.5. The molecule has 1 unspecified atom stereocenters. The van der Waals surface area contributed by atoms with E-state index in [-0.39, 0.29) is 23.3 Å². The van der Waals surface area contributed by atoms with Gasteiger partial charge in [-0.25, -0.2) is 9.67 Å². The van der Waals surface area contributed by atoms with Gasteiger partial charge in [-0.15, -0.1) is 5.10 Å². The van der Waals surface area contributed by atoms with Gasteiger partial charge in [0.1, 0.15) is 5.54 Å². The first-order valence-electron chi connectivity index (χ1n) is 19.0. The van der Waals surface area contributed by atoms with Crippen LogP contribution in [0.5, 0.6) is 0 Å². The number of aromatic nitrogens is 6. The topological polar surface area (TPSA) is 118 Å². The molecule has 0 saturated heterocycles. The van der Waals surface area contributed by atoms with Gasteiger partial charge in [-0.05, 0) is 62.6 Å². The first kappa shape index (κ1) is 38.3. The second-order valence-corrected chi connectivity index (χ2v) is 15.2. The number of carbonyl (C=O) groups excluding carboxylic acids is 1. The maximum atomic E-state index is 13.5. The van der Waals surface area contributed by atoms with Gasteiger partial charge in [0.25, 0.3) is 5.56 Å². The summed E-state index contributed by atoms with van der Waals surface area (Å²) in [5, 5.41) is 16.6. The molecule has 56 heavy (non-hydrogen) atoms. The highest BCUT2D eigenvalue weighted by Crippen LogP contribution is 2.43. The molecule has 282 valence electrons. The number of hydrogen-bond acceptors (Lipinski definition) is 6. The summed E-state index contributed by atoms with van der Waals surface area (Å²) >= 11 is 3.44. The van der Waals surface area contributed by atoms with Gasteiger partial charge in [-0.2, -0.15) is 0 Å². The minimum Gasteiger partial charge on any atom is -0.295 e. The molecule has 2 heterocycles. The molecule has 0 bridgehead atoms. The van der Waals surface area contributed by atoms with Gasteiger partial charge in [0, 0.05) is 17.5 Å². The predicted octanol–water partition coefficient (Wildman–Crippen LogP) is 9.22. The molecule has 7 rings (SSSR count). The van der Waals surface area contributed by atoms with Gasteiger partial charge in [-0.3, -0.25) is 19.9 Å². The van der Waals surface area contributed by atoms with Crippen molar-refractivity contribution in [1.29, 1.82) is 0 Å². The van der Waals surface area contributed by atoms with E-state index >= 15 is 0 Å². The average Bonchev–Trinajstić information content (AvgIpc) is 3.72. The SMILES string of the molecule is CCCCc1nc(NC(=O)C(Br)C(C)C)[nH]c(=O)c1Cc1ccc(-c2ccccc2-c2nnnn2C(c2ccccc2)(c2ccccc2)c2ccccc2)cc1. The van der Waals surface area contributed by atoms with Crippen LogP contribution in [-0.4, -0.2) is 40.9 Å². The molecule has 2 N–H and O–H groups in total. The van der Waals surface area contributed by atoms with Gasteiger partial charge < -0.3 is 0 Å². The average molecular weight is 807 g/mol. The standard InChI is InChI=1S/C46H44BrN7O2/c1-4-5-25-40-39(43(55)49-45(48-40)50-44(56)41(47)31(2)3)30-32-26-28-33(29-27-32)37-23-15-16-24-38(37)42-51-52-53-54(42)46(34-17-9-6-10-18-34,35-19-11-7-12-20-35)36-21-13-8-14-22-36/h6-24,26-29,31,41H,4-5,25,30H2,1-3H3,(H2,48,49,50,55,56). The molecule has 1 amide bonds. The summed E-state index contributed by atoms with van der Waals surface area (Å²) in [6.07, 6.45) is 2.86. The summed E-state index contributed by atoms with van der Waals surface area (Å²) in [4.78, 5) is 33.4. The van der Waals surface area contributed by atoms with Crippen LogP contribution in [0.2, 0.25) is 0 Å². The summed E-state index contributed by atoms with van der Waals surface area (Å²) < 4.78 is 1.95. The van der Waals surface area contributed by atoms with E-state index in [2.05, 4.69) is 99.0 Å². The summed E-state index contributed by atoms with van der Waals surface area (Å²) in [5.41, 5.74) is 7.01. The number of benzene rings is 5. The van der Waals surface area contributed by atoms with Crippen LogP contribution in [0.3, 0.4) is 0 Å². The van der Waals surface area contributed by atoms with Crippen LogP contribution in [0.4, 0.5) is 5.95 Å². The van der Waals surface area contributed by atoms with Crippen molar-refractivity contribution in [2.24, 2.45) is 5.92 Å². The van der Waals surface area contributed by atoms with Gasteiger partial charge in [0.2, 0.25) is 11.9 Å². The number of nitrogens with zero attached hydrogens (tertiary/aromatic N) is 5. The minimum absolute atomic E-state index is 0.0806. The smallest absolute Gasteiger partial charge is 0.256 e. The number of carbonyl (C=O) groups is 1. The molecule has 0 aliphatic carbocycles. The van der Waals surface area contributed by atoms with Gasteiger partial charge in [-0.1, -0.05) is 183 Å². The Morgan fingerprint density at radius 1 is 0.786 bits per heavy atom. The number of aromatic amines is 1. The van der Waals surface area contributed by atoms with Gasteiger partial charge in [0.15, 0.2) is 5.82 Å². The molecule has 0 radical (unpaired) electrons. The van der Waals surface area contributed by atoms with E-state index in [0.717, 1.165) is 51.8 Å². The van der Waals surface area contributed by atoms with E-state index in [1.807, 2.05) is 97.4 Å². The van der Waals surface area contributed by atoms with E-state index in [4.69, 9.17) is 15.3 Å². The molecule has 10 heteroatoms. The third kappa shape index (κ3) is 7.75. The molecule has 0 spiro atoms. The lowest BCUT2D eigenvalue weighted by Gasteiger charge is -2.36. The minimum atomic E-state index is -0.890. The van der Waals surface area contributed by atoms with Crippen LogP contribution < -0.4 is 10.9 Å². The number of tetrazole rings is 1. The van der Waals surface area contributed by atoms with E-state index in [0.29, 0.717) is 29.9 Å². The maximum Gasteiger partial charge on any atom is 0.256 e. The van der Waals surface area contributed by atoms with Crippen LogP contribution >= 0.6 is 15.9 Å². The van der Waals surface area contributed by atoms with Gasteiger partial charge in [0.05, 0.1) is 10.5 Å². The molecule has 9 nitrogen and oxygen atoms in total. The molecular weight excluding hydrogens is 762 g/mol. The molecule has 0 aliphatic rings. The Hall–Kier alpha value is -6.00.